The molecule has 0 unspecified atom stereocenters. The number of hydrogen-bond donors (Lipinski definition) is 1. The van der Waals surface area contributed by atoms with Gasteiger partial charge in [0.1, 0.15) is 17.2 Å². The molecule has 2 aliphatic rings. The molecule has 0 radical (unpaired) electrons. The van der Waals surface area contributed by atoms with E-state index in [4.69, 9.17) is 4.99 Å². The Morgan fingerprint density at radius 1 is 1.07 bits per heavy atom. The molecule has 0 bridgehead atoms. The second kappa shape index (κ2) is 6.86. The molecule has 2 atom stereocenters. The van der Waals surface area contributed by atoms with Gasteiger partial charge in [-0.2, -0.15) is 4.39 Å². The lowest BCUT2D eigenvalue weighted by Crippen LogP contribution is -2.41. The van der Waals surface area contributed by atoms with E-state index in [2.05, 4.69) is 10.3 Å². The molecule has 30 heavy (non-hydrogen) atoms. The van der Waals surface area contributed by atoms with Gasteiger partial charge in [0, 0.05) is 30.1 Å². The van der Waals surface area contributed by atoms with E-state index in [1.807, 2.05) is 13.1 Å². The third-order valence-electron chi connectivity index (χ3n) is 5.87. The van der Waals surface area contributed by atoms with Crippen molar-refractivity contribution in [1.29, 1.82) is 0 Å². The molecule has 5 nitrogen and oxygen atoms in total. The largest absolute Gasteiger partial charge is 0.364 e. The van der Waals surface area contributed by atoms with Crippen LogP contribution in [0.4, 0.5) is 8.78 Å². The first kappa shape index (κ1) is 18.7. The standard InChI is InChI=1S/C23H20F2N4O/c1-14-23(16-3-5-18(24)6-4-16,17-10-11-26-20(25)12-17)28-22(27-14)15-2-9-21(30)29(13-15)19-7-8-19/h2-6,9-14,19H,7-8H2,1H3,(H,27,28)/t14-,23-/m0/s1. The van der Waals surface area contributed by atoms with Crippen LogP contribution in [-0.4, -0.2) is 21.4 Å². The molecule has 1 fully saturated rings. The summed E-state index contributed by atoms with van der Waals surface area (Å²) in [6.45, 7) is 1.95. The number of pyridine rings is 2. The maximum atomic E-state index is 14.0. The molecule has 1 N–H and O–H groups in total. The van der Waals surface area contributed by atoms with Crippen LogP contribution in [0.1, 0.15) is 42.5 Å². The lowest BCUT2D eigenvalue weighted by atomic mass is 9.79. The minimum Gasteiger partial charge on any atom is -0.364 e. The number of rotatable bonds is 4. The van der Waals surface area contributed by atoms with Crippen molar-refractivity contribution in [3.63, 3.8) is 0 Å². The molecule has 0 spiro atoms. The molecular formula is C23H20F2N4O. The van der Waals surface area contributed by atoms with Crippen LogP contribution in [0.2, 0.25) is 0 Å². The Hall–Kier alpha value is -3.35. The summed E-state index contributed by atoms with van der Waals surface area (Å²) in [5, 5.41) is 3.40. The van der Waals surface area contributed by atoms with Gasteiger partial charge in [-0.15, -0.1) is 0 Å². The Kier molecular flexibility index (Phi) is 4.27. The fraction of sp³-hybridized carbons (Fsp3) is 0.261. The number of hydrogen-bond acceptors (Lipinski definition) is 4. The fourth-order valence-electron chi connectivity index (χ4n) is 4.18. The predicted octanol–water partition coefficient (Wildman–Crippen LogP) is 3.54. The molecule has 0 saturated heterocycles. The third-order valence-corrected chi connectivity index (χ3v) is 5.87. The van der Waals surface area contributed by atoms with Gasteiger partial charge >= 0.3 is 0 Å². The minimum atomic E-state index is -0.965. The maximum Gasteiger partial charge on any atom is 0.250 e. The first-order valence-electron chi connectivity index (χ1n) is 9.94. The van der Waals surface area contributed by atoms with E-state index in [1.165, 1.54) is 24.4 Å². The van der Waals surface area contributed by atoms with Crippen LogP contribution in [0.5, 0.6) is 0 Å². The monoisotopic (exact) mass is 406 g/mol. The van der Waals surface area contributed by atoms with Crippen LogP contribution < -0.4 is 10.9 Å². The van der Waals surface area contributed by atoms with Crippen molar-refractivity contribution >= 4 is 5.84 Å². The lowest BCUT2D eigenvalue weighted by molar-refractivity contribution is 0.448. The highest BCUT2D eigenvalue weighted by molar-refractivity contribution is 6.01. The molecule has 152 valence electrons. The Balaban J connectivity index is 1.69. The molecule has 5 rings (SSSR count). The van der Waals surface area contributed by atoms with Crippen molar-refractivity contribution in [2.45, 2.75) is 37.4 Å². The minimum absolute atomic E-state index is 0.0334. The van der Waals surface area contributed by atoms with Gasteiger partial charge in [0.15, 0.2) is 0 Å². The van der Waals surface area contributed by atoms with Crippen LogP contribution in [0.15, 0.2) is 70.7 Å². The summed E-state index contributed by atoms with van der Waals surface area (Å²) in [5.41, 5.74) is 1.14. The summed E-state index contributed by atoms with van der Waals surface area (Å²) >= 11 is 0. The van der Waals surface area contributed by atoms with Crippen molar-refractivity contribution in [2.24, 2.45) is 4.99 Å². The lowest BCUT2D eigenvalue weighted by Gasteiger charge is -2.31. The summed E-state index contributed by atoms with van der Waals surface area (Å²) in [5.74, 6) is -0.348. The van der Waals surface area contributed by atoms with Gasteiger partial charge in [0.2, 0.25) is 5.95 Å². The molecule has 1 aromatic carbocycles. The molecule has 1 saturated carbocycles. The van der Waals surface area contributed by atoms with Gasteiger partial charge in [0.05, 0.1) is 6.04 Å². The second-order valence-corrected chi connectivity index (χ2v) is 7.86. The van der Waals surface area contributed by atoms with Crippen molar-refractivity contribution in [3.05, 3.63) is 99.7 Å². The highest BCUT2D eigenvalue weighted by atomic mass is 19.1. The number of aromatic nitrogens is 2. The number of benzene rings is 1. The first-order valence-corrected chi connectivity index (χ1v) is 9.94. The summed E-state index contributed by atoms with van der Waals surface area (Å²) in [6.07, 6.45) is 5.22. The van der Waals surface area contributed by atoms with Crippen molar-refractivity contribution in [2.75, 3.05) is 0 Å². The zero-order chi connectivity index (χ0) is 20.9. The average Bonchev–Trinajstić information content (AvgIpc) is 3.52. The predicted molar refractivity (Wildman–Crippen MR) is 109 cm³/mol. The second-order valence-electron chi connectivity index (χ2n) is 7.86. The quantitative estimate of drug-likeness (QED) is 0.675. The normalized spacial score (nSPS) is 23.2. The number of halogens is 2. The van der Waals surface area contributed by atoms with Crippen LogP contribution in [0.3, 0.4) is 0 Å². The number of amidine groups is 1. The molecular weight excluding hydrogens is 386 g/mol. The van der Waals surface area contributed by atoms with Gasteiger partial charge in [-0.25, -0.2) is 14.4 Å². The van der Waals surface area contributed by atoms with Gasteiger partial charge in [-0.05, 0) is 61.2 Å². The van der Waals surface area contributed by atoms with Crippen LogP contribution in [0.25, 0.3) is 0 Å². The van der Waals surface area contributed by atoms with E-state index in [-0.39, 0.29) is 23.5 Å². The molecule has 2 aromatic heterocycles. The molecule has 7 heteroatoms. The van der Waals surface area contributed by atoms with Crippen LogP contribution in [0, 0.1) is 11.8 Å². The van der Waals surface area contributed by atoms with E-state index >= 15 is 0 Å². The van der Waals surface area contributed by atoms with E-state index in [1.54, 1.807) is 34.9 Å². The molecule has 1 aliphatic carbocycles. The molecule has 3 aromatic rings. The van der Waals surface area contributed by atoms with Gasteiger partial charge in [-0.1, -0.05) is 12.1 Å². The highest BCUT2D eigenvalue weighted by Gasteiger charge is 2.45. The summed E-state index contributed by atoms with van der Waals surface area (Å²) < 4.78 is 29.4. The Morgan fingerprint density at radius 3 is 2.53 bits per heavy atom. The van der Waals surface area contributed by atoms with Crippen LogP contribution >= 0.6 is 0 Å². The van der Waals surface area contributed by atoms with E-state index in [9.17, 15) is 13.6 Å². The summed E-state index contributed by atoms with van der Waals surface area (Å²) in [4.78, 5) is 20.9. The van der Waals surface area contributed by atoms with Gasteiger partial charge < -0.3 is 9.88 Å². The Labute approximate surface area is 172 Å². The van der Waals surface area contributed by atoms with Crippen molar-refractivity contribution < 1.29 is 8.78 Å². The Morgan fingerprint density at radius 2 is 1.83 bits per heavy atom. The van der Waals surface area contributed by atoms with E-state index in [0.717, 1.165) is 24.0 Å². The molecule has 3 heterocycles. The van der Waals surface area contributed by atoms with E-state index in [0.29, 0.717) is 11.4 Å². The summed E-state index contributed by atoms with van der Waals surface area (Å²) in [7, 11) is 0. The number of aliphatic imine (C=N–C) groups is 1. The smallest absolute Gasteiger partial charge is 0.250 e. The fourth-order valence-corrected chi connectivity index (χ4v) is 4.18. The molecule has 1 aliphatic heterocycles. The zero-order valence-corrected chi connectivity index (χ0v) is 16.3. The van der Waals surface area contributed by atoms with Crippen molar-refractivity contribution in [1.82, 2.24) is 14.9 Å². The van der Waals surface area contributed by atoms with Gasteiger partial charge in [0.25, 0.3) is 5.56 Å². The van der Waals surface area contributed by atoms with Gasteiger partial charge in [-0.3, -0.25) is 4.79 Å². The zero-order valence-electron chi connectivity index (χ0n) is 16.3. The first-order chi connectivity index (χ1) is 14.5. The van der Waals surface area contributed by atoms with Crippen LogP contribution in [-0.2, 0) is 5.54 Å². The summed E-state index contributed by atoms with van der Waals surface area (Å²) in [6, 6.07) is 12.5. The molecule has 0 amide bonds. The number of nitrogens with zero attached hydrogens (tertiary/aromatic N) is 3. The SMILES string of the molecule is C[C@@H]1NC(c2ccc(=O)n(C3CC3)c2)=N[C@@]1(c1ccc(F)cc1)c1ccnc(F)c1. The Bertz CT molecular complexity index is 1200. The highest BCUT2D eigenvalue weighted by Crippen LogP contribution is 2.41. The van der Waals surface area contributed by atoms with E-state index < -0.39 is 11.5 Å². The number of nitrogens with one attached hydrogen (secondary N) is 1. The third kappa shape index (κ3) is 3.01. The maximum absolute atomic E-state index is 14.0. The average molecular weight is 406 g/mol. The topological polar surface area (TPSA) is 59.3 Å². The van der Waals surface area contributed by atoms with Crippen molar-refractivity contribution in [3.8, 4) is 0 Å².